The summed E-state index contributed by atoms with van der Waals surface area (Å²) >= 11 is 0. The van der Waals surface area contributed by atoms with E-state index >= 15 is 0 Å². The molecule has 0 unspecified atom stereocenters. The van der Waals surface area contributed by atoms with Crippen molar-refractivity contribution in [2.75, 3.05) is 6.54 Å². The summed E-state index contributed by atoms with van der Waals surface area (Å²) < 4.78 is 5.30. The molecule has 5 heteroatoms. The minimum Gasteiger partial charge on any atom is -0.339 e. The Morgan fingerprint density at radius 3 is 2.88 bits per heavy atom. The predicted molar refractivity (Wildman–Crippen MR) is 96.8 cm³/mol. The van der Waals surface area contributed by atoms with Crippen LogP contribution < -0.4 is 0 Å². The first kappa shape index (κ1) is 17.4. The van der Waals surface area contributed by atoms with Crippen molar-refractivity contribution in [3.63, 3.8) is 0 Å². The van der Waals surface area contributed by atoms with Gasteiger partial charge in [-0.1, -0.05) is 61.5 Å². The van der Waals surface area contributed by atoms with Crippen molar-refractivity contribution in [3.8, 4) is 0 Å². The lowest BCUT2D eigenvalue weighted by atomic mass is 10.1. The van der Waals surface area contributed by atoms with Crippen LogP contribution in [0, 0.1) is 0 Å². The molecule has 0 bridgehead atoms. The average molecular weight is 339 g/mol. The molecular formula is C20H25N3O2. The maximum absolute atomic E-state index is 12.6. The van der Waals surface area contributed by atoms with Gasteiger partial charge in [0.2, 0.25) is 11.8 Å². The van der Waals surface area contributed by atoms with E-state index in [0.717, 1.165) is 31.4 Å². The summed E-state index contributed by atoms with van der Waals surface area (Å²) in [5, 5.41) is 4.09. The lowest BCUT2D eigenvalue weighted by Crippen LogP contribution is -2.30. The first-order valence-corrected chi connectivity index (χ1v) is 8.99. The third-order valence-electron chi connectivity index (χ3n) is 4.46. The second kappa shape index (κ2) is 8.10. The van der Waals surface area contributed by atoms with Crippen LogP contribution in [0.2, 0.25) is 0 Å². The molecule has 0 N–H and O–H groups in total. The van der Waals surface area contributed by atoms with Gasteiger partial charge in [0.15, 0.2) is 5.82 Å². The smallest absolute Gasteiger partial charge is 0.229 e. The van der Waals surface area contributed by atoms with Gasteiger partial charge in [-0.15, -0.1) is 0 Å². The fraction of sp³-hybridized carbons (Fsp3) is 0.450. The molecule has 0 aliphatic carbocycles. The number of nitrogens with zero attached hydrogens (tertiary/aromatic N) is 3. The van der Waals surface area contributed by atoms with Gasteiger partial charge in [-0.3, -0.25) is 4.79 Å². The van der Waals surface area contributed by atoms with E-state index < -0.39 is 0 Å². The largest absolute Gasteiger partial charge is 0.339 e. The molecule has 132 valence electrons. The van der Waals surface area contributed by atoms with E-state index in [1.165, 1.54) is 0 Å². The molecule has 1 aliphatic rings. The van der Waals surface area contributed by atoms with Crippen molar-refractivity contribution in [2.45, 2.75) is 51.5 Å². The zero-order valence-electron chi connectivity index (χ0n) is 14.9. The van der Waals surface area contributed by atoms with Crippen LogP contribution in [0.3, 0.4) is 0 Å². The maximum atomic E-state index is 12.6. The lowest BCUT2D eigenvalue weighted by molar-refractivity contribution is -0.132. The minimum absolute atomic E-state index is 0.0400. The van der Waals surface area contributed by atoms with Crippen LogP contribution in [0.25, 0.3) is 6.08 Å². The summed E-state index contributed by atoms with van der Waals surface area (Å²) in [6.45, 7) is 4.82. The van der Waals surface area contributed by atoms with Gasteiger partial charge in [-0.25, -0.2) is 0 Å². The molecule has 0 spiro atoms. The molecule has 1 atom stereocenters. The monoisotopic (exact) mass is 339 g/mol. The Labute approximate surface area is 148 Å². The highest BCUT2D eigenvalue weighted by Gasteiger charge is 2.33. The molecule has 0 saturated carbocycles. The van der Waals surface area contributed by atoms with Crippen LogP contribution >= 0.6 is 0 Å². The van der Waals surface area contributed by atoms with Gasteiger partial charge < -0.3 is 9.42 Å². The highest BCUT2D eigenvalue weighted by atomic mass is 16.5. The number of carbonyl (C=O) groups is 1. The predicted octanol–water partition coefficient (Wildman–Crippen LogP) is 4.35. The minimum atomic E-state index is -0.0400. The highest BCUT2D eigenvalue weighted by molar-refractivity contribution is 5.77. The number of amides is 1. The van der Waals surface area contributed by atoms with Crippen molar-refractivity contribution in [1.82, 2.24) is 15.0 Å². The van der Waals surface area contributed by atoms with Crippen molar-refractivity contribution < 1.29 is 9.32 Å². The zero-order chi connectivity index (χ0) is 17.6. The summed E-state index contributed by atoms with van der Waals surface area (Å²) in [5.41, 5.74) is 1.15. The van der Waals surface area contributed by atoms with Gasteiger partial charge in [0.1, 0.15) is 0 Å². The molecule has 5 nitrogen and oxygen atoms in total. The lowest BCUT2D eigenvalue weighted by Gasteiger charge is -2.22. The number of allylic oxidation sites excluding steroid dienone is 1. The van der Waals surface area contributed by atoms with Crippen LogP contribution in [-0.2, 0) is 4.79 Å². The summed E-state index contributed by atoms with van der Waals surface area (Å²) in [4.78, 5) is 19.0. The van der Waals surface area contributed by atoms with Crippen LogP contribution in [0.4, 0.5) is 0 Å². The second-order valence-corrected chi connectivity index (χ2v) is 6.74. The number of hydrogen-bond donors (Lipinski definition) is 0. The second-order valence-electron chi connectivity index (χ2n) is 6.74. The van der Waals surface area contributed by atoms with Gasteiger partial charge in [0.05, 0.1) is 6.04 Å². The van der Waals surface area contributed by atoms with E-state index in [4.69, 9.17) is 4.52 Å². The van der Waals surface area contributed by atoms with E-state index in [0.29, 0.717) is 18.1 Å². The number of likely N-dealkylation sites (tertiary alicyclic amines) is 1. The van der Waals surface area contributed by atoms with Crippen LogP contribution in [0.1, 0.15) is 68.8 Å². The van der Waals surface area contributed by atoms with Gasteiger partial charge in [-0.2, -0.15) is 4.98 Å². The van der Waals surface area contributed by atoms with Gasteiger partial charge in [0, 0.05) is 18.9 Å². The van der Waals surface area contributed by atoms with Crippen LogP contribution in [0.15, 0.2) is 40.9 Å². The summed E-state index contributed by atoms with van der Waals surface area (Å²) in [7, 11) is 0. The van der Waals surface area contributed by atoms with E-state index in [1.54, 1.807) is 0 Å². The molecule has 1 aliphatic heterocycles. The summed E-state index contributed by atoms with van der Waals surface area (Å²) in [5.74, 6) is 1.65. The van der Waals surface area contributed by atoms with Gasteiger partial charge in [-0.05, 0) is 24.8 Å². The van der Waals surface area contributed by atoms with Crippen molar-refractivity contribution in [1.29, 1.82) is 0 Å². The molecule has 1 saturated heterocycles. The van der Waals surface area contributed by atoms with Crippen molar-refractivity contribution in [2.24, 2.45) is 0 Å². The highest BCUT2D eigenvalue weighted by Crippen LogP contribution is 2.31. The fourth-order valence-electron chi connectivity index (χ4n) is 3.08. The fourth-order valence-corrected chi connectivity index (χ4v) is 3.08. The third kappa shape index (κ3) is 4.35. The van der Waals surface area contributed by atoms with Crippen molar-refractivity contribution >= 4 is 12.0 Å². The number of carbonyl (C=O) groups excluding carboxylic acids is 1. The SMILES string of the molecule is CC(C)c1nc([C@@H]2CCCN2C(=O)CC/C=C\c2ccccc2)no1. The quantitative estimate of drug-likeness (QED) is 0.785. The molecule has 1 aromatic heterocycles. The van der Waals surface area contributed by atoms with E-state index in [1.807, 2.05) is 36.9 Å². The van der Waals surface area contributed by atoms with Crippen LogP contribution in [0.5, 0.6) is 0 Å². The molecule has 0 radical (unpaired) electrons. The Kier molecular flexibility index (Phi) is 5.64. The van der Waals surface area contributed by atoms with E-state index in [2.05, 4.69) is 34.4 Å². The molecule has 2 heterocycles. The molecule has 1 aromatic carbocycles. The standard InChI is InChI=1S/C20H25N3O2/c1-15(2)20-21-19(22-25-20)17-12-8-14-23(17)18(24)13-7-6-11-16-9-4-3-5-10-16/h3-6,9-11,15,17H,7-8,12-14H2,1-2H3/b11-6-/t17-/m0/s1. The Morgan fingerprint density at radius 1 is 1.36 bits per heavy atom. The molecule has 3 rings (SSSR count). The topological polar surface area (TPSA) is 59.2 Å². The Hall–Kier alpha value is -2.43. The number of hydrogen-bond acceptors (Lipinski definition) is 4. The molecule has 1 fully saturated rings. The van der Waals surface area contributed by atoms with Crippen molar-refractivity contribution in [3.05, 3.63) is 53.7 Å². The van der Waals surface area contributed by atoms with E-state index in [-0.39, 0.29) is 17.9 Å². The first-order chi connectivity index (χ1) is 12.1. The van der Waals surface area contributed by atoms with Crippen LogP contribution in [-0.4, -0.2) is 27.5 Å². The molecule has 1 amide bonds. The summed E-state index contributed by atoms with van der Waals surface area (Å²) in [6.07, 6.45) is 7.26. The molecule has 25 heavy (non-hydrogen) atoms. The number of rotatable bonds is 6. The van der Waals surface area contributed by atoms with Gasteiger partial charge >= 0.3 is 0 Å². The molecule has 2 aromatic rings. The average Bonchev–Trinajstić information content (AvgIpc) is 3.28. The maximum Gasteiger partial charge on any atom is 0.229 e. The normalized spacial score (nSPS) is 17.7. The number of benzene rings is 1. The number of aromatic nitrogens is 2. The summed E-state index contributed by atoms with van der Waals surface area (Å²) in [6, 6.07) is 10.1. The Balaban J connectivity index is 1.56. The molecular weight excluding hydrogens is 314 g/mol. The first-order valence-electron chi connectivity index (χ1n) is 8.99. The van der Waals surface area contributed by atoms with Gasteiger partial charge in [0.25, 0.3) is 0 Å². The Morgan fingerprint density at radius 2 is 2.16 bits per heavy atom. The Bertz CT molecular complexity index is 722. The zero-order valence-corrected chi connectivity index (χ0v) is 14.9. The van der Waals surface area contributed by atoms with E-state index in [9.17, 15) is 4.79 Å². The third-order valence-corrected chi connectivity index (χ3v) is 4.46.